The summed E-state index contributed by atoms with van der Waals surface area (Å²) in [5.41, 5.74) is 6.50. The molecule has 1 N–H and O–H groups in total. The van der Waals surface area contributed by atoms with Crippen LogP contribution in [-0.2, 0) is 26.1 Å². The van der Waals surface area contributed by atoms with Gasteiger partial charge < -0.3 is 10.1 Å². The number of fused-ring (bicyclic) bond motifs is 1. The fourth-order valence-electron chi connectivity index (χ4n) is 3.84. The van der Waals surface area contributed by atoms with E-state index < -0.39 is 6.17 Å². The average molecular weight is 395 g/mol. The monoisotopic (exact) mass is 394 g/mol. The van der Waals surface area contributed by atoms with Gasteiger partial charge in [-0.15, -0.1) is 0 Å². The van der Waals surface area contributed by atoms with E-state index in [1.165, 1.54) is 47.7 Å². The zero-order chi connectivity index (χ0) is 20.2. The van der Waals surface area contributed by atoms with Gasteiger partial charge in [-0.3, -0.25) is 4.90 Å². The Bertz CT molecular complexity index is 842. The van der Waals surface area contributed by atoms with Crippen molar-refractivity contribution in [1.29, 1.82) is 0 Å². The highest BCUT2D eigenvalue weighted by molar-refractivity contribution is 5.37. The van der Waals surface area contributed by atoms with Crippen molar-refractivity contribution < 1.29 is 9.13 Å². The zero-order valence-corrected chi connectivity index (χ0v) is 17.3. The Morgan fingerprint density at radius 2 is 1.93 bits per heavy atom. The van der Waals surface area contributed by atoms with Gasteiger partial charge in [0, 0.05) is 31.9 Å². The number of rotatable bonds is 9. The second-order valence-electron chi connectivity index (χ2n) is 8.45. The van der Waals surface area contributed by atoms with E-state index in [2.05, 4.69) is 53.2 Å². The highest BCUT2D eigenvalue weighted by Gasteiger charge is 2.24. The topological polar surface area (TPSA) is 24.5 Å². The third-order valence-electron chi connectivity index (χ3n) is 5.77. The van der Waals surface area contributed by atoms with Crippen LogP contribution in [0, 0.1) is 5.92 Å². The van der Waals surface area contributed by atoms with Gasteiger partial charge in [0.25, 0.3) is 0 Å². The Kier molecular flexibility index (Phi) is 6.19. The van der Waals surface area contributed by atoms with Gasteiger partial charge in [-0.2, -0.15) is 0 Å². The van der Waals surface area contributed by atoms with Crippen molar-refractivity contribution in [2.24, 2.45) is 5.92 Å². The quantitative estimate of drug-likeness (QED) is 0.648. The molecule has 0 spiro atoms. The minimum Gasteiger partial charge on any atom is -0.491 e. The third kappa shape index (κ3) is 5.60. The molecule has 2 aromatic carbocycles. The number of hydrogen-bond acceptors (Lipinski definition) is 3. The molecule has 1 aliphatic heterocycles. The van der Waals surface area contributed by atoms with Gasteiger partial charge in [0.1, 0.15) is 18.5 Å². The van der Waals surface area contributed by atoms with Crippen molar-refractivity contribution in [3.8, 4) is 5.75 Å². The van der Waals surface area contributed by atoms with Crippen LogP contribution in [0.25, 0.3) is 0 Å². The van der Waals surface area contributed by atoms with Gasteiger partial charge in [-0.05, 0) is 66.5 Å². The Hall–Kier alpha value is -2.33. The minimum absolute atomic E-state index is 0.116. The second kappa shape index (κ2) is 9.00. The van der Waals surface area contributed by atoms with E-state index in [-0.39, 0.29) is 6.61 Å². The smallest absolute Gasteiger partial charge is 0.131 e. The van der Waals surface area contributed by atoms with Crippen molar-refractivity contribution in [2.45, 2.75) is 52.0 Å². The van der Waals surface area contributed by atoms with Crippen LogP contribution >= 0.6 is 0 Å². The maximum absolute atomic E-state index is 13.0. The maximum Gasteiger partial charge on any atom is 0.131 e. The number of halogens is 1. The highest BCUT2D eigenvalue weighted by atomic mass is 19.1. The van der Waals surface area contributed by atoms with E-state index in [0.29, 0.717) is 5.92 Å². The van der Waals surface area contributed by atoms with E-state index in [4.69, 9.17) is 4.74 Å². The van der Waals surface area contributed by atoms with E-state index in [0.717, 1.165) is 38.3 Å². The van der Waals surface area contributed by atoms with Crippen molar-refractivity contribution in [1.82, 2.24) is 10.2 Å². The van der Waals surface area contributed by atoms with Crippen LogP contribution in [0.1, 0.15) is 42.0 Å². The lowest BCUT2D eigenvalue weighted by Gasteiger charge is -2.29. The van der Waals surface area contributed by atoms with E-state index >= 15 is 0 Å². The molecule has 29 heavy (non-hydrogen) atoms. The highest BCUT2D eigenvalue weighted by Crippen LogP contribution is 2.34. The lowest BCUT2D eigenvalue weighted by molar-refractivity contribution is 0.208. The number of hydrogen-bond donors (Lipinski definition) is 1. The number of nitrogens with one attached hydrogen (secondary N) is 1. The third-order valence-corrected chi connectivity index (χ3v) is 5.77. The first-order valence-electron chi connectivity index (χ1n) is 10.7. The zero-order valence-electron chi connectivity index (χ0n) is 17.3. The fourth-order valence-corrected chi connectivity index (χ4v) is 3.84. The van der Waals surface area contributed by atoms with Crippen molar-refractivity contribution in [2.75, 3.05) is 13.2 Å². The molecule has 1 heterocycles. The molecule has 0 aromatic heterocycles. The van der Waals surface area contributed by atoms with Gasteiger partial charge in [0.05, 0.1) is 0 Å². The van der Waals surface area contributed by atoms with Crippen LogP contribution in [-0.4, -0.2) is 24.2 Å². The average Bonchev–Trinajstić information content (AvgIpc) is 3.57. The number of benzene rings is 2. The summed E-state index contributed by atoms with van der Waals surface area (Å²) >= 11 is 0. The number of ether oxygens (including phenoxy) is 1. The molecule has 2 aromatic rings. The lowest BCUT2D eigenvalue weighted by Crippen LogP contribution is -2.30. The first-order valence-corrected chi connectivity index (χ1v) is 10.7. The Morgan fingerprint density at radius 3 is 2.66 bits per heavy atom. The number of nitrogens with zero attached hydrogens (tertiary/aromatic N) is 1. The lowest BCUT2D eigenvalue weighted by atomic mass is 9.99. The molecule has 0 amide bonds. The number of alkyl halides is 1. The van der Waals surface area contributed by atoms with Crippen LogP contribution in [0.4, 0.5) is 4.39 Å². The SMILES string of the molecule is C=C(NCc1ccc(CN2CCc3cc(OCC(C)F)ccc3C2)cc1)C1CC1. The van der Waals surface area contributed by atoms with Crippen molar-refractivity contribution in [3.63, 3.8) is 0 Å². The molecule has 154 valence electrons. The molecule has 1 saturated carbocycles. The Balaban J connectivity index is 1.28. The van der Waals surface area contributed by atoms with Crippen LogP contribution in [0.15, 0.2) is 54.7 Å². The minimum atomic E-state index is -0.944. The molecule has 4 heteroatoms. The van der Waals surface area contributed by atoms with Crippen LogP contribution in [0.5, 0.6) is 5.75 Å². The summed E-state index contributed by atoms with van der Waals surface area (Å²) in [6, 6.07) is 15.1. The molecule has 0 radical (unpaired) electrons. The van der Waals surface area contributed by atoms with E-state index in [1.54, 1.807) is 0 Å². The molecule has 4 rings (SSSR count). The summed E-state index contributed by atoms with van der Waals surface area (Å²) in [5.74, 6) is 1.47. The summed E-state index contributed by atoms with van der Waals surface area (Å²) in [6.45, 7) is 9.55. The van der Waals surface area contributed by atoms with Crippen molar-refractivity contribution in [3.05, 3.63) is 77.0 Å². The van der Waals surface area contributed by atoms with Crippen LogP contribution in [0.2, 0.25) is 0 Å². The van der Waals surface area contributed by atoms with Gasteiger partial charge in [-0.1, -0.05) is 36.9 Å². The fraction of sp³-hybridized carbons (Fsp3) is 0.440. The molecule has 0 saturated heterocycles. The predicted molar refractivity (Wildman–Crippen MR) is 115 cm³/mol. The number of allylic oxidation sites excluding steroid dienone is 1. The molecule has 1 fully saturated rings. The van der Waals surface area contributed by atoms with Crippen molar-refractivity contribution >= 4 is 0 Å². The molecular formula is C25H31FN2O. The first-order chi connectivity index (χ1) is 14.1. The predicted octanol–water partition coefficient (Wildman–Crippen LogP) is 5.00. The van der Waals surface area contributed by atoms with E-state index in [1.807, 2.05) is 6.07 Å². The normalized spacial score (nSPS) is 17.4. The largest absolute Gasteiger partial charge is 0.491 e. The molecule has 0 bridgehead atoms. The standard InChI is InChI=1S/C25H31FN2O/c1-18(26)17-29-25-10-9-24-16-28(12-11-23(24)13-25)15-21-5-3-20(4-6-21)14-27-19(2)22-7-8-22/h3-6,9-10,13,18,22,27H,2,7-8,11-12,14-17H2,1H3. The molecule has 2 aliphatic rings. The summed E-state index contributed by atoms with van der Waals surface area (Å²) in [4.78, 5) is 2.48. The summed E-state index contributed by atoms with van der Waals surface area (Å²) in [5, 5.41) is 3.46. The molecule has 1 atom stereocenters. The van der Waals surface area contributed by atoms with Gasteiger partial charge >= 0.3 is 0 Å². The second-order valence-corrected chi connectivity index (χ2v) is 8.45. The summed E-state index contributed by atoms with van der Waals surface area (Å²) in [6.07, 6.45) is 2.63. The Labute approximate surface area is 173 Å². The maximum atomic E-state index is 13.0. The molecule has 1 unspecified atom stereocenters. The first kappa shape index (κ1) is 20.0. The molecular weight excluding hydrogens is 363 g/mol. The summed E-state index contributed by atoms with van der Waals surface area (Å²) < 4.78 is 18.5. The Morgan fingerprint density at radius 1 is 1.17 bits per heavy atom. The van der Waals surface area contributed by atoms with Crippen LogP contribution < -0.4 is 10.1 Å². The van der Waals surface area contributed by atoms with E-state index in [9.17, 15) is 4.39 Å². The van der Waals surface area contributed by atoms with Gasteiger partial charge in [0.2, 0.25) is 0 Å². The van der Waals surface area contributed by atoms with Crippen LogP contribution in [0.3, 0.4) is 0 Å². The molecule has 1 aliphatic carbocycles. The van der Waals surface area contributed by atoms with Gasteiger partial charge in [-0.25, -0.2) is 4.39 Å². The summed E-state index contributed by atoms with van der Waals surface area (Å²) in [7, 11) is 0. The van der Waals surface area contributed by atoms with Gasteiger partial charge in [0.15, 0.2) is 0 Å². The molecule has 3 nitrogen and oxygen atoms in total.